The fourth-order valence-electron chi connectivity index (χ4n) is 3.44. The zero-order valence-corrected chi connectivity index (χ0v) is 13.6. The quantitative estimate of drug-likeness (QED) is 0.861. The number of fused-ring (bicyclic) bond motifs is 1. The topological polar surface area (TPSA) is 54.6 Å². The van der Waals surface area contributed by atoms with Gasteiger partial charge in [-0.05, 0) is 31.5 Å². The van der Waals surface area contributed by atoms with E-state index in [4.69, 9.17) is 9.15 Å². The molecule has 2 atom stereocenters. The Morgan fingerprint density at radius 2 is 2.00 bits per heavy atom. The third-order valence-electron chi connectivity index (χ3n) is 4.62. The van der Waals surface area contributed by atoms with Crippen LogP contribution in [0.1, 0.15) is 17.1 Å². The minimum atomic E-state index is 0.213. The van der Waals surface area contributed by atoms with Gasteiger partial charge in [-0.3, -0.25) is 4.90 Å². The van der Waals surface area contributed by atoms with Crippen molar-refractivity contribution in [1.29, 1.82) is 0 Å². The van der Waals surface area contributed by atoms with Crippen LogP contribution in [-0.4, -0.2) is 53.3 Å². The van der Waals surface area contributed by atoms with Crippen LogP contribution < -0.4 is 4.90 Å². The third kappa shape index (κ3) is 2.96. The monoisotopic (exact) mass is 314 g/mol. The van der Waals surface area contributed by atoms with Crippen molar-refractivity contribution in [3.63, 3.8) is 0 Å². The molecule has 0 spiro atoms. The number of ether oxygens (including phenoxy) is 1. The molecule has 0 N–H and O–H groups in total. The highest BCUT2D eigenvalue weighted by Gasteiger charge is 2.41. The molecular weight excluding hydrogens is 292 g/mol. The average Bonchev–Trinajstić information content (AvgIpc) is 3.15. The van der Waals surface area contributed by atoms with Crippen molar-refractivity contribution in [1.82, 2.24) is 14.9 Å². The van der Waals surface area contributed by atoms with E-state index in [0.717, 1.165) is 55.8 Å². The van der Waals surface area contributed by atoms with Crippen LogP contribution in [0.2, 0.25) is 0 Å². The number of aromatic nitrogens is 2. The lowest BCUT2D eigenvalue weighted by Gasteiger charge is -2.36. The number of morpholine rings is 1. The summed E-state index contributed by atoms with van der Waals surface area (Å²) in [5.74, 6) is 2.78. The van der Waals surface area contributed by atoms with Gasteiger partial charge >= 0.3 is 0 Å². The van der Waals surface area contributed by atoms with Crippen LogP contribution in [0.4, 0.5) is 5.95 Å². The van der Waals surface area contributed by atoms with Gasteiger partial charge in [0.15, 0.2) is 0 Å². The highest BCUT2D eigenvalue weighted by atomic mass is 16.5. The van der Waals surface area contributed by atoms with E-state index in [1.165, 1.54) is 0 Å². The van der Waals surface area contributed by atoms with E-state index in [9.17, 15) is 0 Å². The van der Waals surface area contributed by atoms with Crippen LogP contribution in [0.15, 0.2) is 28.9 Å². The Morgan fingerprint density at radius 3 is 2.74 bits per heavy atom. The molecule has 4 heterocycles. The molecule has 23 heavy (non-hydrogen) atoms. The molecule has 0 amide bonds. The van der Waals surface area contributed by atoms with Gasteiger partial charge in [0.25, 0.3) is 0 Å². The van der Waals surface area contributed by atoms with E-state index < -0.39 is 0 Å². The predicted octanol–water partition coefficient (Wildman–Crippen LogP) is 1.78. The highest BCUT2D eigenvalue weighted by Crippen LogP contribution is 2.27. The zero-order chi connectivity index (χ0) is 15.8. The maximum Gasteiger partial charge on any atom is 0.225 e. The maximum atomic E-state index is 5.98. The normalized spacial score (nSPS) is 24.9. The van der Waals surface area contributed by atoms with Gasteiger partial charge < -0.3 is 14.1 Å². The summed E-state index contributed by atoms with van der Waals surface area (Å²) in [6.07, 6.45) is 3.95. The van der Waals surface area contributed by atoms with Gasteiger partial charge in [0.05, 0.1) is 25.3 Å². The lowest BCUT2D eigenvalue weighted by molar-refractivity contribution is -0.0519. The summed E-state index contributed by atoms with van der Waals surface area (Å²) in [7, 11) is 0. The molecule has 2 aromatic rings. The van der Waals surface area contributed by atoms with Gasteiger partial charge in [-0.25, -0.2) is 9.97 Å². The lowest BCUT2D eigenvalue weighted by atomic mass is 10.1. The van der Waals surface area contributed by atoms with Crippen molar-refractivity contribution in [3.05, 3.63) is 41.6 Å². The van der Waals surface area contributed by atoms with Crippen molar-refractivity contribution in [2.24, 2.45) is 0 Å². The van der Waals surface area contributed by atoms with E-state index in [2.05, 4.69) is 25.8 Å². The molecule has 2 aliphatic heterocycles. The molecule has 2 fully saturated rings. The van der Waals surface area contributed by atoms with Crippen molar-refractivity contribution in [2.45, 2.75) is 32.5 Å². The number of anilines is 1. The summed E-state index contributed by atoms with van der Waals surface area (Å²) in [5, 5.41) is 0. The minimum Gasteiger partial charge on any atom is -0.465 e. The number of nitrogens with zero attached hydrogens (tertiary/aromatic N) is 4. The molecule has 2 aromatic heterocycles. The smallest absolute Gasteiger partial charge is 0.225 e. The molecule has 0 aromatic carbocycles. The first-order valence-electron chi connectivity index (χ1n) is 8.13. The standard InChI is InChI=1S/C17H22N4O2/c1-12-7-18-17(19-8-12)21-10-15-16(11-21)22-6-5-20(15)9-14-4-3-13(2)23-14/h3-4,7-8,15-16H,5-6,9-11H2,1-2H3/t15-,16+/m1/s1. The van der Waals surface area contributed by atoms with Gasteiger partial charge in [0.1, 0.15) is 11.5 Å². The Morgan fingerprint density at radius 1 is 1.17 bits per heavy atom. The lowest BCUT2D eigenvalue weighted by Crippen LogP contribution is -2.50. The maximum absolute atomic E-state index is 5.98. The van der Waals surface area contributed by atoms with Gasteiger partial charge in [0.2, 0.25) is 5.95 Å². The van der Waals surface area contributed by atoms with Crippen molar-refractivity contribution < 1.29 is 9.15 Å². The Kier molecular flexibility index (Phi) is 3.79. The van der Waals surface area contributed by atoms with Gasteiger partial charge in [-0.2, -0.15) is 0 Å². The third-order valence-corrected chi connectivity index (χ3v) is 4.62. The van der Waals surface area contributed by atoms with Gasteiger partial charge in [-0.1, -0.05) is 0 Å². The summed E-state index contributed by atoms with van der Waals surface area (Å²) in [4.78, 5) is 13.6. The van der Waals surface area contributed by atoms with Crippen LogP contribution in [0.25, 0.3) is 0 Å². The first-order valence-corrected chi connectivity index (χ1v) is 8.13. The van der Waals surface area contributed by atoms with Crippen molar-refractivity contribution in [2.75, 3.05) is 31.1 Å². The second kappa shape index (κ2) is 5.94. The van der Waals surface area contributed by atoms with Crippen LogP contribution in [-0.2, 0) is 11.3 Å². The second-order valence-electron chi connectivity index (χ2n) is 6.42. The van der Waals surface area contributed by atoms with Crippen LogP contribution >= 0.6 is 0 Å². The molecule has 2 aliphatic rings. The van der Waals surface area contributed by atoms with E-state index >= 15 is 0 Å². The molecular formula is C17H22N4O2. The summed E-state index contributed by atoms with van der Waals surface area (Å²) in [5.41, 5.74) is 1.08. The van der Waals surface area contributed by atoms with E-state index in [1.807, 2.05) is 32.3 Å². The Labute approximate surface area is 136 Å². The number of furan rings is 1. The van der Waals surface area contributed by atoms with Gasteiger partial charge in [0, 0.05) is 32.0 Å². The SMILES string of the molecule is Cc1cnc(N2C[C@@H]3OCCN(Cc4ccc(C)o4)[C@@H]3C2)nc1. The fraction of sp³-hybridized carbons (Fsp3) is 0.529. The Balaban J connectivity index is 1.48. The number of aryl methyl sites for hydroxylation is 2. The summed E-state index contributed by atoms with van der Waals surface area (Å²) >= 11 is 0. The van der Waals surface area contributed by atoms with Crippen LogP contribution in [0, 0.1) is 13.8 Å². The molecule has 4 rings (SSSR count). The Bertz CT molecular complexity index is 669. The second-order valence-corrected chi connectivity index (χ2v) is 6.42. The van der Waals surface area contributed by atoms with Crippen LogP contribution in [0.3, 0.4) is 0 Å². The first-order chi connectivity index (χ1) is 11.2. The molecule has 0 unspecified atom stereocenters. The molecule has 0 bridgehead atoms. The summed E-state index contributed by atoms with van der Waals surface area (Å²) in [6.45, 7) is 8.27. The molecule has 0 saturated carbocycles. The Hall–Kier alpha value is -1.92. The average molecular weight is 314 g/mol. The zero-order valence-electron chi connectivity index (χ0n) is 13.6. The summed E-state index contributed by atoms with van der Waals surface area (Å²) in [6, 6.07) is 4.45. The van der Waals surface area contributed by atoms with E-state index in [0.29, 0.717) is 6.04 Å². The molecule has 6 heteroatoms. The molecule has 0 radical (unpaired) electrons. The molecule has 0 aliphatic carbocycles. The van der Waals surface area contributed by atoms with Crippen molar-refractivity contribution >= 4 is 5.95 Å². The van der Waals surface area contributed by atoms with E-state index in [-0.39, 0.29) is 6.10 Å². The van der Waals surface area contributed by atoms with E-state index in [1.54, 1.807) is 0 Å². The molecule has 6 nitrogen and oxygen atoms in total. The fourth-order valence-corrected chi connectivity index (χ4v) is 3.44. The van der Waals surface area contributed by atoms with Crippen molar-refractivity contribution in [3.8, 4) is 0 Å². The molecule has 2 saturated heterocycles. The van der Waals surface area contributed by atoms with Crippen LogP contribution in [0.5, 0.6) is 0 Å². The largest absolute Gasteiger partial charge is 0.465 e. The minimum absolute atomic E-state index is 0.213. The van der Waals surface area contributed by atoms with Gasteiger partial charge in [-0.15, -0.1) is 0 Å². The first kappa shape index (κ1) is 14.7. The number of rotatable bonds is 3. The molecule has 122 valence electrons. The number of hydrogen-bond acceptors (Lipinski definition) is 6. The highest BCUT2D eigenvalue weighted by molar-refractivity contribution is 5.33. The number of hydrogen-bond donors (Lipinski definition) is 0. The summed E-state index contributed by atoms with van der Waals surface area (Å²) < 4.78 is 11.7. The predicted molar refractivity (Wildman–Crippen MR) is 86.4 cm³/mol.